The maximum Gasteiger partial charge on any atom is 0.345 e. The number of likely N-dealkylation sites (N-methyl/N-ethyl adjacent to an activating group) is 1. The summed E-state index contributed by atoms with van der Waals surface area (Å²) in [6.45, 7) is 9.26. The molecule has 0 N–H and O–H groups in total. The highest BCUT2D eigenvalue weighted by Crippen LogP contribution is 2.33. The van der Waals surface area contributed by atoms with Crippen molar-refractivity contribution < 1.29 is 4.42 Å². The smallest absolute Gasteiger partial charge is 0.345 e. The van der Waals surface area contributed by atoms with E-state index in [1.54, 1.807) is 0 Å². The number of piperazine rings is 1. The molecule has 0 amide bonds. The number of nitrogens with zero attached hydrogens (tertiary/aromatic N) is 4. The van der Waals surface area contributed by atoms with Crippen molar-refractivity contribution in [3.05, 3.63) is 76.1 Å². The molecule has 2 aromatic rings. The SMILES string of the molecule is CC1=CN2C=C(c3cc4ccc(N5CCN(C)C(C)C5)nc4oc3=O)C(C)CC=C2C=C1. The second kappa shape index (κ2) is 8.10. The van der Waals surface area contributed by atoms with Gasteiger partial charge in [0.25, 0.3) is 0 Å². The van der Waals surface area contributed by atoms with E-state index in [0.717, 1.165) is 48.5 Å². The number of aromatic nitrogens is 1. The van der Waals surface area contributed by atoms with E-state index in [1.165, 1.54) is 5.57 Å². The maximum atomic E-state index is 13.1. The van der Waals surface area contributed by atoms with Gasteiger partial charge in [-0.1, -0.05) is 19.1 Å². The van der Waals surface area contributed by atoms with E-state index < -0.39 is 0 Å². The van der Waals surface area contributed by atoms with Gasteiger partial charge in [0.2, 0.25) is 5.71 Å². The normalized spacial score (nSPS) is 24.1. The minimum Gasteiger partial charge on any atom is -0.403 e. The van der Waals surface area contributed by atoms with Crippen LogP contribution < -0.4 is 10.5 Å². The van der Waals surface area contributed by atoms with E-state index in [2.05, 4.69) is 73.1 Å². The van der Waals surface area contributed by atoms with Crippen molar-refractivity contribution in [1.29, 1.82) is 0 Å². The Morgan fingerprint density at radius 3 is 2.78 bits per heavy atom. The topological polar surface area (TPSA) is 52.8 Å². The Balaban J connectivity index is 1.51. The molecule has 0 bridgehead atoms. The second-order valence-corrected chi connectivity index (χ2v) is 9.25. The molecule has 2 unspecified atom stereocenters. The van der Waals surface area contributed by atoms with Gasteiger partial charge in [0.1, 0.15) is 5.82 Å². The molecule has 2 aromatic heterocycles. The zero-order valence-corrected chi connectivity index (χ0v) is 19.2. The molecule has 1 saturated heterocycles. The molecule has 2 atom stereocenters. The van der Waals surface area contributed by atoms with Crippen molar-refractivity contribution in [1.82, 2.24) is 14.8 Å². The van der Waals surface area contributed by atoms with Crippen LogP contribution in [0.4, 0.5) is 5.82 Å². The van der Waals surface area contributed by atoms with Gasteiger partial charge in [-0.2, -0.15) is 4.98 Å². The van der Waals surface area contributed by atoms with Crippen LogP contribution in [0, 0.1) is 5.92 Å². The zero-order valence-electron chi connectivity index (χ0n) is 19.2. The van der Waals surface area contributed by atoms with Gasteiger partial charge in [-0.3, -0.25) is 0 Å². The van der Waals surface area contributed by atoms with Crippen LogP contribution in [-0.4, -0.2) is 47.5 Å². The number of hydrogen-bond donors (Lipinski definition) is 0. The molecule has 0 aliphatic carbocycles. The fraction of sp³-hybridized carbons (Fsp3) is 0.385. The van der Waals surface area contributed by atoms with Gasteiger partial charge in [-0.25, -0.2) is 4.79 Å². The van der Waals surface area contributed by atoms with E-state index in [-0.39, 0.29) is 11.5 Å². The van der Waals surface area contributed by atoms with Crippen LogP contribution >= 0.6 is 0 Å². The van der Waals surface area contributed by atoms with Crippen molar-refractivity contribution in [3.63, 3.8) is 0 Å². The Labute approximate surface area is 188 Å². The third-order valence-corrected chi connectivity index (χ3v) is 6.83. The first-order valence-electron chi connectivity index (χ1n) is 11.4. The number of hydrogen-bond acceptors (Lipinski definition) is 6. The summed E-state index contributed by atoms with van der Waals surface area (Å²) in [6.07, 6.45) is 11.5. The number of fused-ring (bicyclic) bond motifs is 2. The van der Waals surface area contributed by atoms with E-state index in [4.69, 9.17) is 9.40 Å². The molecule has 5 rings (SSSR count). The quantitative estimate of drug-likeness (QED) is 0.705. The highest BCUT2D eigenvalue weighted by atomic mass is 16.4. The van der Waals surface area contributed by atoms with Crippen molar-refractivity contribution in [2.75, 3.05) is 31.6 Å². The van der Waals surface area contributed by atoms with E-state index in [0.29, 0.717) is 17.3 Å². The summed E-state index contributed by atoms with van der Waals surface area (Å²) in [7, 11) is 2.15. The summed E-state index contributed by atoms with van der Waals surface area (Å²) >= 11 is 0. The third-order valence-electron chi connectivity index (χ3n) is 6.83. The summed E-state index contributed by atoms with van der Waals surface area (Å²) in [5, 5.41) is 0.848. The largest absolute Gasteiger partial charge is 0.403 e. The molecular weight excluding hydrogens is 400 g/mol. The summed E-state index contributed by atoms with van der Waals surface area (Å²) in [6, 6.07) is 6.46. The summed E-state index contributed by atoms with van der Waals surface area (Å²) in [5.74, 6) is 1.07. The van der Waals surface area contributed by atoms with Gasteiger partial charge in [0.05, 0.1) is 5.56 Å². The molecule has 0 aromatic carbocycles. The molecule has 6 heteroatoms. The Morgan fingerprint density at radius 2 is 1.97 bits per heavy atom. The van der Waals surface area contributed by atoms with Crippen LogP contribution in [0.15, 0.2) is 69.3 Å². The fourth-order valence-electron chi connectivity index (χ4n) is 4.59. The van der Waals surface area contributed by atoms with Crippen LogP contribution in [0.1, 0.15) is 32.8 Å². The first-order chi connectivity index (χ1) is 15.4. The lowest BCUT2D eigenvalue weighted by molar-refractivity contribution is 0.233. The molecular formula is C26H30N4O2. The molecule has 0 spiro atoms. The highest BCUT2D eigenvalue weighted by Gasteiger charge is 2.24. The van der Waals surface area contributed by atoms with Crippen LogP contribution in [0.2, 0.25) is 0 Å². The van der Waals surface area contributed by atoms with Gasteiger partial charge in [-0.05, 0) is 68.7 Å². The van der Waals surface area contributed by atoms with E-state index in [1.807, 2.05) is 18.2 Å². The number of rotatable bonds is 2. The van der Waals surface area contributed by atoms with Gasteiger partial charge < -0.3 is 19.1 Å². The second-order valence-electron chi connectivity index (χ2n) is 9.25. The molecule has 3 aliphatic heterocycles. The zero-order chi connectivity index (χ0) is 22.4. The Hall–Kier alpha value is -3.12. The minimum absolute atomic E-state index is 0.203. The average molecular weight is 431 g/mol. The Kier molecular flexibility index (Phi) is 5.25. The number of anilines is 1. The summed E-state index contributed by atoms with van der Waals surface area (Å²) in [5.41, 5.74) is 3.98. The third kappa shape index (κ3) is 3.79. The van der Waals surface area contributed by atoms with Crippen molar-refractivity contribution in [2.24, 2.45) is 5.92 Å². The lowest BCUT2D eigenvalue weighted by Gasteiger charge is -2.38. The summed E-state index contributed by atoms with van der Waals surface area (Å²) in [4.78, 5) is 24.5. The number of pyridine rings is 1. The molecule has 166 valence electrons. The lowest BCUT2D eigenvalue weighted by Crippen LogP contribution is -2.50. The standard InChI is InChI=1S/C26H30N4O2/c1-17-5-8-21-9-6-18(2)23(16-30(21)14-17)22-13-20-7-10-24(27-25(20)32-26(22)31)29-12-11-28(4)19(3)15-29/h5,7-10,13-14,16,18-19H,6,11-12,15H2,1-4H3. The number of allylic oxidation sites excluding steroid dienone is 5. The van der Waals surface area contributed by atoms with Crippen LogP contribution in [0.3, 0.4) is 0 Å². The average Bonchev–Trinajstić information content (AvgIpc) is 2.93. The molecule has 0 saturated carbocycles. The monoisotopic (exact) mass is 430 g/mol. The maximum absolute atomic E-state index is 13.1. The van der Waals surface area contributed by atoms with Crippen LogP contribution in [0.25, 0.3) is 16.7 Å². The van der Waals surface area contributed by atoms with Crippen molar-refractivity contribution in [2.45, 2.75) is 33.2 Å². The first kappa shape index (κ1) is 20.8. The molecule has 1 fully saturated rings. The molecule has 5 heterocycles. The molecule has 6 nitrogen and oxygen atoms in total. The van der Waals surface area contributed by atoms with Crippen molar-refractivity contribution in [3.8, 4) is 0 Å². The Bertz CT molecular complexity index is 1240. The van der Waals surface area contributed by atoms with E-state index >= 15 is 0 Å². The predicted octanol–water partition coefficient (Wildman–Crippen LogP) is 4.37. The van der Waals surface area contributed by atoms with Gasteiger partial charge >= 0.3 is 5.63 Å². The highest BCUT2D eigenvalue weighted by molar-refractivity contribution is 5.80. The van der Waals surface area contributed by atoms with Crippen molar-refractivity contribution >= 4 is 22.5 Å². The molecule has 3 aliphatic rings. The predicted molar refractivity (Wildman–Crippen MR) is 129 cm³/mol. The summed E-state index contributed by atoms with van der Waals surface area (Å²) < 4.78 is 5.76. The lowest BCUT2D eigenvalue weighted by atomic mass is 9.93. The molecule has 0 radical (unpaired) electrons. The Morgan fingerprint density at radius 1 is 1.12 bits per heavy atom. The van der Waals surface area contributed by atoms with Gasteiger partial charge in [-0.15, -0.1) is 0 Å². The first-order valence-corrected chi connectivity index (χ1v) is 11.4. The van der Waals surface area contributed by atoms with E-state index in [9.17, 15) is 4.79 Å². The fourth-order valence-corrected chi connectivity index (χ4v) is 4.59. The molecule has 32 heavy (non-hydrogen) atoms. The minimum atomic E-state index is -0.330. The van der Waals surface area contributed by atoms with Gasteiger partial charge in [0.15, 0.2) is 0 Å². The van der Waals surface area contributed by atoms with Crippen LogP contribution in [-0.2, 0) is 0 Å². The van der Waals surface area contributed by atoms with Gasteiger partial charge in [0, 0.05) is 49.2 Å². The van der Waals surface area contributed by atoms with Crippen LogP contribution in [0.5, 0.6) is 0 Å².